The molecule has 0 aromatic heterocycles. The summed E-state index contributed by atoms with van der Waals surface area (Å²) in [6, 6.07) is 17.8. The van der Waals surface area contributed by atoms with Crippen molar-refractivity contribution in [1.29, 1.82) is 0 Å². The predicted molar refractivity (Wildman–Crippen MR) is 73.8 cm³/mol. The summed E-state index contributed by atoms with van der Waals surface area (Å²) in [5, 5.41) is 11.3. The molecule has 0 heterocycles. The van der Waals surface area contributed by atoms with Gasteiger partial charge in [0, 0.05) is 10.4 Å². The number of halogens is 1. The Balaban J connectivity index is 1.98. The largest absolute Gasteiger partial charge is 0.387 e. The fourth-order valence-electron chi connectivity index (χ4n) is 2.62. The average Bonchev–Trinajstić information content (AvgIpc) is 3.21. The Kier molecular flexibility index (Phi) is 2.89. The molecule has 0 radical (unpaired) electrons. The van der Waals surface area contributed by atoms with Gasteiger partial charge in [-0.15, -0.1) is 0 Å². The summed E-state index contributed by atoms with van der Waals surface area (Å²) in [7, 11) is 0. The highest BCUT2D eigenvalue weighted by Crippen LogP contribution is 2.57. The third kappa shape index (κ3) is 1.84. The molecule has 0 bridgehead atoms. The van der Waals surface area contributed by atoms with Crippen molar-refractivity contribution in [2.45, 2.75) is 24.4 Å². The van der Waals surface area contributed by atoms with Crippen LogP contribution in [0.2, 0.25) is 5.02 Å². The van der Waals surface area contributed by atoms with Crippen LogP contribution in [0.5, 0.6) is 0 Å². The van der Waals surface area contributed by atoms with E-state index >= 15 is 0 Å². The van der Waals surface area contributed by atoms with Crippen molar-refractivity contribution in [2.24, 2.45) is 0 Å². The summed E-state index contributed by atoms with van der Waals surface area (Å²) < 4.78 is 0. The number of aliphatic hydroxyl groups is 1. The molecular weight excluding hydrogens is 244 g/mol. The molecule has 1 saturated carbocycles. The minimum Gasteiger partial charge on any atom is -0.387 e. The van der Waals surface area contributed by atoms with Gasteiger partial charge >= 0.3 is 0 Å². The van der Waals surface area contributed by atoms with Crippen LogP contribution >= 0.6 is 11.6 Å². The Morgan fingerprint density at radius 3 is 2.17 bits per heavy atom. The Labute approximate surface area is 112 Å². The molecule has 1 N–H and O–H groups in total. The van der Waals surface area contributed by atoms with E-state index in [9.17, 15) is 5.11 Å². The minimum absolute atomic E-state index is 0.133. The molecular formula is C16H15ClO. The summed E-state index contributed by atoms with van der Waals surface area (Å²) in [5.41, 5.74) is 1.91. The molecule has 1 atom stereocenters. The van der Waals surface area contributed by atoms with Crippen molar-refractivity contribution in [3.63, 3.8) is 0 Å². The lowest BCUT2D eigenvalue weighted by Crippen LogP contribution is -2.18. The lowest BCUT2D eigenvalue weighted by atomic mass is 9.86. The number of hydrogen-bond acceptors (Lipinski definition) is 1. The van der Waals surface area contributed by atoms with Crippen LogP contribution in [0.3, 0.4) is 0 Å². The molecule has 0 amide bonds. The Morgan fingerprint density at radius 1 is 0.944 bits per heavy atom. The first-order valence-electron chi connectivity index (χ1n) is 6.22. The molecule has 1 unspecified atom stereocenters. The van der Waals surface area contributed by atoms with E-state index in [1.54, 1.807) is 0 Å². The SMILES string of the molecule is OC(c1ccccc1Cl)C1(c2ccccc2)CC1. The molecule has 0 spiro atoms. The Bertz CT molecular complexity index is 546. The maximum Gasteiger partial charge on any atom is 0.0900 e. The van der Waals surface area contributed by atoms with Crippen molar-refractivity contribution in [3.05, 3.63) is 70.7 Å². The van der Waals surface area contributed by atoms with E-state index in [4.69, 9.17) is 11.6 Å². The highest BCUT2D eigenvalue weighted by atomic mass is 35.5. The summed E-state index contributed by atoms with van der Waals surface area (Å²) >= 11 is 6.18. The van der Waals surface area contributed by atoms with Gasteiger partial charge in [-0.2, -0.15) is 0 Å². The maximum atomic E-state index is 10.7. The first-order valence-corrected chi connectivity index (χ1v) is 6.60. The number of aliphatic hydroxyl groups excluding tert-OH is 1. The smallest absolute Gasteiger partial charge is 0.0900 e. The summed E-state index contributed by atoms with van der Waals surface area (Å²) in [6.07, 6.45) is 1.51. The van der Waals surface area contributed by atoms with Crippen LogP contribution in [0.25, 0.3) is 0 Å². The van der Waals surface area contributed by atoms with Crippen LogP contribution in [0.15, 0.2) is 54.6 Å². The van der Waals surface area contributed by atoms with Crippen molar-refractivity contribution in [2.75, 3.05) is 0 Å². The van der Waals surface area contributed by atoms with E-state index in [2.05, 4.69) is 12.1 Å². The molecule has 3 rings (SSSR count). The molecule has 2 heteroatoms. The van der Waals surface area contributed by atoms with E-state index in [-0.39, 0.29) is 5.41 Å². The summed E-state index contributed by atoms with van der Waals surface area (Å²) in [5.74, 6) is 0. The lowest BCUT2D eigenvalue weighted by Gasteiger charge is -2.24. The molecule has 1 fully saturated rings. The molecule has 92 valence electrons. The molecule has 1 aliphatic rings. The fraction of sp³-hybridized carbons (Fsp3) is 0.250. The van der Waals surface area contributed by atoms with Gasteiger partial charge in [0.2, 0.25) is 0 Å². The quantitative estimate of drug-likeness (QED) is 0.879. The van der Waals surface area contributed by atoms with Gasteiger partial charge < -0.3 is 5.11 Å². The van der Waals surface area contributed by atoms with Crippen LogP contribution < -0.4 is 0 Å². The number of benzene rings is 2. The van der Waals surface area contributed by atoms with Gasteiger partial charge in [-0.1, -0.05) is 60.1 Å². The summed E-state index contributed by atoms with van der Waals surface area (Å²) in [4.78, 5) is 0. The zero-order chi connectivity index (χ0) is 12.6. The van der Waals surface area contributed by atoms with Gasteiger partial charge in [0.15, 0.2) is 0 Å². The predicted octanol–water partition coefficient (Wildman–Crippen LogP) is 4.11. The standard InChI is InChI=1S/C16H15ClO/c17-14-9-5-4-8-13(14)15(18)16(10-11-16)12-6-2-1-3-7-12/h1-9,15,18H,10-11H2. The van der Waals surface area contributed by atoms with Crippen LogP contribution in [0.1, 0.15) is 30.1 Å². The van der Waals surface area contributed by atoms with Crippen molar-refractivity contribution in [3.8, 4) is 0 Å². The molecule has 1 aliphatic carbocycles. The van der Waals surface area contributed by atoms with E-state index in [1.807, 2.05) is 42.5 Å². The fourth-order valence-corrected chi connectivity index (χ4v) is 2.86. The highest BCUT2D eigenvalue weighted by molar-refractivity contribution is 6.31. The zero-order valence-electron chi connectivity index (χ0n) is 10.0. The molecule has 2 aromatic carbocycles. The first-order chi connectivity index (χ1) is 8.74. The lowest BCUT2D eigenvalue weighted by molar-refractivity contribution is 0.133. The third-order valence-corrected chi connectivity index (χ3v) is 4.20. The molecule has 2 aromatic rings. The van der Waals surface area contributed by atoms with E-state index in [1.165, 1.54) is 5.56 Å². The normalized spacial score (nSPS) is 18.3. The molecule has 1 nitrogen and oxygen atoms in total. The highest BCUT2D eigenvalue weighted by Gasteiger charge is 2.51. The van der Waals surface area contributed by atoms with E-state index in [0.717, 1.165) is 18.4 Å². The van der Waals surface area contributed by atoms with Crippen molar-refractivity contribution < 1.29 is 5.11 Å². The van der Waals surface area contributed by atoms with Gasteiger partial charge in [0.05, 0.1) is 6.10 Å². The number of hydrogen-bond donors (Lipinski definition) is 1. The monoisotopic (exact) mass is 258 g/mol. The first kappa shape index (κ1) is 11.8. The van der Waals surface area contributed by atoms with Crippen LogP contribution in [0, 0.1) is 0 Å². The molecule has 18 heavy (non-hydrogen) atoms. The maximum absolute atomic E-state index is 10.7. The third-order valence-electron chi connectivity index (χ3n) is 3.86. The van der Waals surface area contributed by atoms with Gasteiger partial charge in [-0.25, -0.2) is 0 Å². The topological polar surface area (TPSA) is 20.2 Å². The molecule has 0 aliphatic heterocycles. The number of rotatable bonds is 3. The average molecular weight is 259 g/mol. The van der Waals surface area contributed by atoms with Gasteiger partial charge in [-0.3, -0.25) is 0 Å². The van der Waals surface area contributed by atoms with Gasteiger partial charge in [0.25, 0.3) is 0 Å². The van der Waals surface area contributed by atoms with E-state index in [0.29, 0.717) is 5.02 Å². The summed E-state index contributed by atoms with van der Waals surface area (Å²) in [6.45, 7) is 0. The Hall–Kier alpha value is -1.31. The second kappa shape index (κ2) is 4.42. The van der Waals surface area contributed by atoms with E-state index < -0.39 is 6.10 Å². The van der Waals surface area contributed by atoms with Crippen LogP contribution in [-0.4, -0.2) is 5.11 Å². The van der Waals surface area contributed by atoms with Gasteiger partial charge in [-0.05, 0) is 30.0 Å². The Morgan fingerprint density at radius 2 is 1.56 bits per heavy atom. The van der Waals surface area contributed by atoms with Crippen molar-refractivity contribution >= 4 is 11.6 Å². The second-order valence-corrected chi connectivity index (χ2v) is 5.35. The second-order valence-electron chi connectivity index (χ2n) is 4.95. The zero-order valence-corrected chi connectivity index (χ0v) is 10.8. The van der Waals surface area contributed by atoms with Gasteiger partial charge in [0.1, 0.15) is 0 Å². The van der Waals surface area contributed by atoms with Crippen LogP contribution in [0.4, 0.5) is 0 Å². The van der Waals surface area contributed by atoms with Crippen LogP contribution in [-0.2, 0) is 5.41 Å². The molecule has 0 saturated heterocycles. The minimum atomic E-state index is -0.520. The van der Waals surface area contributed by atoms with Crippen molar-refractivity contribution in [1.82, 2.24) is 0 Å².